The van der Waals surface area contributed by atoms with Crippen molar-refractivity contribution >= 4 is 41.1 Å². The third-order valence-corrected chi connectivity index (χ3v) is 12.3. The molecule has 5 atom stereocenters. The number of alkyl carbamates (subject to hydrolysis) is 1. The van der Waals surface area contributed by atoms with E-state index in [1.165, 1.54) is 20.9 Å². The first kappa shape index (κ1) is 41.1. The second-order valence-corrected chi connectivity index (χ2v) is 17.4. The van der Waals surface area contributed by atoms with Gasteiger partial charge in [0.1, 0.15) is 23.7 Å². The lowest BCUT2D eigenvalue weighted by Crippen LogP contribution is -2.60. The Hall–Kier alpha value is -6.09. The molecule has 0 spiro atoms. The van der Waals surface area contributed by atoms with Gasteiger partial charge >= 0.3 is 6.09 Å². The molecule has 5 amide bonds. The number of ether oxygens (including phenoxy) is 1. The summed E-state index contributed by atoms with van der Waals surface area (Å²) in [5.74, 6) is -2.84. The first-order valence-corrected chi connectivity index (χ1v) is 20.8. The van der Waals surface area contributed by atoms with Crippen LogP contribution in [0.5, 0.6) is 0 Å². The lowest BCUT2D eigenvalue weighted by Gasteiger charge is -2.35. The van der Waals surface area contributed by atoms with Gasteiger partial charge in [-0.2, -0.15) is 5.10 Å². The van der Waals surface area contributed by atoms with Gasteiger partial charge in [0.25, 0.3) is 17.4 Å². The minimum absolute atomic E-state index is 0.0294. The number of nitrogens with one attached hydrogen (secondary N) is 4. The van der Waals surface area contributed by atoms with Gasteiger partial charge < -0.3 is 20.3 Å². The Bertz CT molecular complexity index is 2270. The number of hydrogen-bond donors (Lipinski definition) is 4. The molecule has 15 heteroatoms. The monoisotopic (exact) mass is 819 g/mol. The molecule has 3 heterocycles. The van der Waals surface area contributed by atoms with Crippen molar-refractivity contribution in [3.63, 3.8) is 0 Å². The van der Waals surface area contributed by atoms with Gasteiger partial charge in [0.2, 0.25) is 11.8 Å². The van der Waals surface area contributed by atoms with Crippen molar-refractivity contribution in [2.24, 2.45) is 11.3 Å². The molecule has 4 N–H and O–H groups in total. The van der Waals surface area contributed by atoms with E-state index < -0.39 is 70.3 Å². The van der Waals surface area contributed by atoms with Crippen LogP contribution in [-0.4, -0.2) is 74.7 Å². The van der Waals surface area contributed by atoms with Gasteiger partial charge in [-0.3, -0.25) is 34.8 Å². The maximum Gasteiger partial charge on any atom is 0.408 e. The van der Waals surface area contributed by atoms with Gasteiger partial charge in [-0.15, -0.1) is 17.9 Å². The average molecular weight is 820 g/mol. The standard InChI is InChI=1S/C44H49N7O7S/c1-5-29-24-44(29,41(56)49-48-38(53)34-21-14-22-59-34)47-37(52)33-23-30(26-50(33)40(55)36(43(2,3)4)46-42(57)58-31-19-12-13-20-31)51-39(54)35(28-17-10-7-11-18-28)32(25-45-51)27-15-8-6-9-16-27/h5-11,14-18,21-22,25,29-31,33,36H,1,12-13,19-20,23-24,26H2,2-4H3,(H,46,57)(H,47,52)(H,48,53)(H,49,56)/t29-,30-,33+,36-,44+/m1/s1. The Balaban J connectivity index is 1.22. The zero-order valence-corrected chi connectivity index (χ0v) is 34.1. The first-order valence-electron chi connectivity index (χ1n) is 19.9. The fraction of sp³-hybridized carbons (Fsp3) is 0.386. The van der Waals surface area contributed by atoms with E-state index >= 15 is 0 Å². The van der Waals surface area contributed by atoms with E-state index in [1.54, 1.807) is 50.6 Å². The summed E-state index contributed by atoms with van der Waals surface area (Å²) in [6.45, 7) is 9.15. The molecule has 2 aromatic heterocycles. The van der Waals surface area contributed by atoms with Crippen LogP contribution in [0.2, 0.25) is 0 Å². The molecule has 0 radical (unpaired) electrons. The molecule has 1 aliphatic heterocycles. The van der Waals surface area contributed by atoms with Gasteiger partial charge in [0, 0.05) is 24.4 Å². The number of benzene rings is 2. The molecule has 7 rings (SSSR count). The van der Waals surface area contributed by atoms with Crippen LogP contribution < -0.4 is 27.0 Å². The largest absolute Gasteiger partial charge is 0.446 e. The molecule has 14 nitrogen and oxygen atoms in total. The molecular weight excluding hydrogens is 771 g/mol. The van der Waals surface area contributed by atoms with Crippen molar-refractivity contribution in [1.29, 1.82) is 0 Å². The third kappa shape index (κ3) is 8.70. The van der Waals surface area contributed by atoms with Gasteiger partial charge in [0.05, 0.1) is 22.7 Å². The molecule has 4 aromatic rings. The summed E-state index contributed by atoms with van der Waals surface area (Å²) in [6.07, 6.45) is 5.76. The fourth-order valence-corrected chi connectivity index (χ4v) is 8.70. The van der Waals surface area contributed by atoms with Crippen molar-refractivity contribution in [2.45, 2.75) is 89.1 Å². The third-order valence-electron chi connectivity index (χ3n) is 11.4. The number of likely N-dealkylation sites (tertiary alicyclic amines) is 1. The quantitative estimate of drug-likeness (QED) is 0.115. The Morgan fingerprint density at radius 2 is 1.63 bits per heavy atom. The number of hydrogen-bond acceptors (Lipinski definition) is 9. The number of amides is 5. The summed E-state index contributed by atoms with van der Waals surface area (Å²) >= 11 is 1.20. The SMILES string of the molecule is C=C[C@@H]1C[C@@]1(NC(=O)[C@@H]1C[C@@H](n2ncc(-c3ccccc3)c(-c3ccccc3)c2=O)CN1C(=O)[C@@H](NC(=O)OC1CCCC1)C(C)(C)C)C(=O)NNC(=O)c1cccs1. The highest BCUT2D eigenvalue weighted by Crippen LogP contribution is 2.45. The van der Waals surface area contributed by atoms with Crippen LogP contribution in [-0.2, 0) is 19.1 Å². The number of rotatable bonds is 11. The second kappa shape index (κ2) is 17.0. The summed E-state index contributed by atoms with van der Waals surface area (Å²) in [5, 5.41) is 12.1. The number of aromatic nitrogens is 2. The van der Waals surface area contributed by atoms with E-state index in [-0.39, 0.29) is 25.5 Å². The van der Waals surface area contributed by atoms with Crippen molar-refractivity contribution in [2.75, 3.05) is 6.54 Å². The van der Waals surface area contributed by atoms with Crippen LogP contribution in [0, 0.1) is 11.3 Å². The number of hydrazine groups is 1. The minimum atomic E-state index is -1.46. The first-order chi connectivity index (χ1) is 28.3. The highest BCUT2D eigenvalue weighted by atomic mass is 32.1. The predicted molar refractivity (Wildman–Crippen MR) is 223 cm³/mol. The van der Waals surface area contributed by atoms with E-state index in [0.717, 1.165) is 31.2 Å². The molecule has 308 valence electrons. The predicted octanol–water partition coefficient (Wildman–Crippen LogP) is 5.39. The van der Waals surface area contributed by atoms with Crippen molar-refractivity contribution < 1.29 is 28.7 Å². The van der Waals surface area contributed by atoms with Crippen molar-refractivity contribution in [3.05, 3.63) is 112 Å². The maximum atomic E-state index is 14.8. The second-order valence-electron chi connectivity index (χ2n) is 16.5. The molecule has 0 bridgehead atoms. The number of nitrogens with zero attached hydrogens (tertiary/aromatic N) is 3. The lowest BCUT2D eigenvalue weighted by atomic mass is 9.85. The lowest BCUT2D eigenvalue weighted by molar-refractivity contribution is -0.143. The molecule has 0 unspecified atom stereocenters. The topological polar surface area (TPSA) is 181 Å². The minimum Gasteiger partial charge on any atom is -0.446 e. The molecule has 59 heavy (non-hydrogen) atoms. The van der Waals surface area contributed by atoms with Crippen molar-refractivity contribution in [1.82, 2.24) is 36.2 Å². The molecule has 3 fully saturated rings. The molecule has 2 aliphatic carbocycles. The van der Waals surface area contributed by atoms with Gasteiger partial charge in [-0.05, 0) is 60.1 Å². The Labute approximate surface area is 346 Å². The average Bonchev–Trinajstić information content (AvgIpc) is 3.74. The van der Waals surface area contributed by atoms with E-state index in [1.807, 2.05) is 60.7 Å². The molecule has 2 aromatic carbocycles. The van der Waals surface area contributed by atoms with Gasteiger partial charge in [0.15, 0.2) is 0 Å². The van der Waals surface area contributed by atoms with Crippen LogP contribution in [0.4, 0.5) is 4.79 Å². The van der Waals surface area contributed by atoms with Crippen LogP contribution in [0.15, 0.2) is 102 Å². The fourth-order valence-electron chi connectivity index (χ4n) is 8.09. The van der Waals surface area contributed by atoms with E-state index in [9.17, 15) is 28.8 Å². The van der Waals surface area contributed by atoms with E-state index in [0.29, 0.717) is 21.6 Å². The summed E-state index contributed by atoms with van der Waals surface area (Å²) < 4.78 is 7.00. The van der Waals surface area contributed by atoms with Crippen molar-refractivity contribution in [3.8, 4) is 22.3 Å². The molecular formula is C44H49N7O7S. The smallest absolute Gasteiger partial charge is 0.408 e. The van der Waals surface area contributed by atoms with E-state index in [4.69, 9.17) is 4.74 Å². The summed E-state index contributed by atoms with van der Waals surface area (Å²) in [5.41, 5.74) is 4.66. The van der Waals surface area contributed by atoms with Crippen LogP contribution >= 0.6 is 11.3 Å². The Kier molecular flexibility index (Phi) is 11.9. The zero-order chi connectivity index (χ0) is 41.9. The van der Waals surface area contributed by atoms with Gasteiger partial charge in [-0.25, -0.2) is 9.48 Å². The number of carbonyl (C=O) groups is 5. The highest BCUT2D eigenvalue weighted by molar-refractivity contribution is 7.12. The molecule has 2 saturated carbocycles. The number of carbonyl (C=O) groups excluding carboxylic acids is 5. The Morgan fingerprint density at radius 3 is 2.24 bits per heavy atom. The maximum absolute atomic E-state index is 14.8. The van der Waals surface area contributed by atoms with Gasteiger partial charge in [-0.1, -0.05) is 93.6 Å². The van der Waals surface area contributed by atoms with Crippen LogP contribution in [0.1, 0.15) is 75.0 Å². The molecule has 1 saturated heterocycles. The summed E-state index contributed by atoms with van der Waals surface area (Å²) in [4.78, 5) is 85.4. The summed E-state index contributed by atoms with van der Waals surface area (Å²) in [6, 6.07) is 18.9. The zero-order valence-electron chi connectivity index (χ0n) is 33.3. The summed E-state index contributed by atoms with van der Waals surface area (Å²) in [7, 11) is 0. The molecule has 3 aliphatic rings. The van der Waals surface area contributed by atoms with Crippen LogP contribution in [0.25, 0.3) is 22.3 Å². The Morgan fingerprint density at radius 1 is 0.949 bits per heavy atom. The normalized spacial score (nSPS) is 21.9. The highest BCUT2D eigenvalue weighted by Gasteiger charge is 2.61. The van der Waals surface area contributed by atoms with E-state index in [2.05, 4.69) is 33.2 Å². The number of thiophene rings is 1. The van der Waals surface area contributed by atoms with Crippen LogP contribution in [0.3, 0.4) is 0 Å².